The number of hydrogen-bond donors (Lipinski definition) is 2. The molecule has 3 N–H and O–H groups in total. The van der Waals surface area contributed by atoms with Gasteiger partial charge in [-0.05, 0) is 32.9 Å². The van der Waals surface area contributed by atoms with Crippen molar-refractivity contribution in [3.05, 3.63) is 38.9 Å². The van der Waals surface area contributed by atoms with Gasteiger partial charge in [0.1, 0.15) is 17.3 Å². The number of nitrogens with one attached hydrogen (secondary N) is 1. The van der Waals surface area contributed by atoms with Crippen LogP contribution in [0.3, 0.4) is 0 Å². The average molecular weight is 326 g/mol. The molecule has 0 bridgehead atoms. The second kappa shape index (κ2) is 5.45. The van der Waals surface area contributed by atoms with Gasteiger partial charge in [-0.25, -0.2) is 9.97 Å². The van der Waals surface area contributed by atoms with Gasteiger partial charge in [-0.1, -0.05) is 0 Å². The molecule has 0 aliphatic rings. The Balaban J connectivity index is 2.09. The monoisotopic (exact) mass is 325 g/mol. The summed E-state index contributed by atoms with van der Waals surface area (Å²) in [6, 6.07) is 2.08. The molecule has 0 radical (unpaired) electrons. The van der Waals surface area contributed by atoms with Crippen LogP contribution in [0.25, 0.3) is 0 Å². The molecule has 94 valence electrons. The third-order valence-corrected chi connectivity index (χ3v) is 3.90. The lowest BCUT2D eigenvalue weighted by Crippen LogP contribution is -2.19. The second-order valence-corrected chi connectivity index (χ2v) is 6.08. The molecule has 2 rings (SSSR count). The van der Waals surface area contributed by atoms with Gasteiger partial charge in [0.15, 0.2) is 0 Å². The molecule has 2 heterocycles. The van der Waals surface area contributed by atoms with E-state index in [0.29, 0.717) is 5.69 Å². The van der Waals surface area contributed by atoms with Gasteiger partial charge in [0.2, 0.25) is 0 Å². The molecule has 18 heavy (non-hydrogen) atoms. The van der Waals surface area contributed by atoms with Crippen molar-refractivity contribution in [3.8, 4) is 0 Å². The molecule has 0 amide bonds. The third kappa shape index (κ3) is 3.05. The maximum atomic E-state index is 7.25. The normalized spacial score (nSPS) is 10.3. The van der Waals surface area contributed by atoms with Crippen LogP contribution in [0.4, 0.5) is 5.82 Å². The van der Waals surface area contributed by atoms with Gasteiger partial charge in [0.25, 0.3) is 0 Å². The molecule has 0 aliphatic heterocycles. The number of nitrogens with zero attached hydrogens (tertiary/aromatic N) is 3. The molecule has 0 spiro atoms. The fourth-order valence-corrected chi connectivity index (χ4v) is 2.64. The summed E-state index contributed by atoms with van der Waals surface area (Å²) in [6.07, 6.45) is 3.13. The average Bonchev–Trinajstić information content (AvgIpc) is 2.75. The summed E-state index contributed by atoms with van der Waals surface area (Å²) in [7, 11) is 1.95. The largest absolute Gasteiger partial charge is 0.382 e. The number of halogens is 1. The first-order valence-corrected chi connectivity index (χ1v) is 6.84. The second-order valence-electron chi connectivity index (χ2n) is 3.79. The maximum Gasteiger partial charge on any atom is 0.147 e. The molecule has 0 aromatic carbocycles. The number of hydrogen-bond acceptors (Lipinski definition) is 5. The van der Waals surface area contributed by atoms with E-state index in [1.165, 1.54) is 11.8 Å². The summed E-state index contributed by atoms with van der Waals surface area (Å²) in [4.78, 5) is 10.3. The maximum absolute atomic E-state index is 7.25. The van der Waals surface area contributed by atoms with Crippen LogP contribution in [0.2, 0.25) is 0 Å². The van der Waals surface area contributed by atoms with E-state index < -0.39 is 0 Å². The zero-order chi connectivity index (χ0) is 13.1. The minimum Gasteiger partial charge on any atom is -0.382 e. The van der Waals surface area contributed by atoms with Gasteiger partial charge in [-0.3, -0.25) is 5.41 Å². The zero-order valence-corrected chi connectivity index (χ0v) is 12.1. The topological polar surface area (TPSA) is 78.9 Å². The molecule has 0 atom stereocenters. The highest BCUT2D eigenvalue weighted by Crippen LogP contribution is 2.22. The zero-order valence-electron chi connectivity index (χ0n) is 9.72. The Hall–Kier alpha value is -1.47. The lowest BCUT2D eigenvalue weighted by molar-refractivity contribution is 0.892. The molecule has 0 saturated heterocycles. The number of nitrogens with two attached hydrogens (primary N) is 1. The van der Waals surface area contributed by atoms with E-state index in [4.69, 9.17) is 11.1 Å². The van der Waals surface area contributed by atoms with E-state index in [2.05, 4.69) is 37.3 Å². The van der Waals surface area contributed by atoms with E-state index in [-0.39, 0.29) is 5.84 Å². The Morgan fingerprint density at radius 1 is 1.50 bits per heavy atom. The number of thiophene rings is 1. The third-order valence-electron chi connectivity index (χ3n) is 2.35. The molecule has 2 aromatic heterocycles. The van der Waals surface area contributed by atoms with Crippen molar-refractivity contribution < 1.29 is 0 Å². The summed E-state index contributed by atoms with van der Waals surface area (Å²) in [5.41, 5.74) is 6.94. The minimum absolute atomic E-state index is 0.0709. The fraction of sp³-hybridized carbons (Fsp3) is 0.182. The van der Waals surface area contributed by atoms with Gasteiger partial charge in [0, 0.05) is 13.6 Å². The van der Waals surface area contributed by atoms with Crippen LogP contribution in [0.5, 0.6) is 0 Å². The molecule has 0 aliphatic carbocycles. The van der Waals surface area contributed by atoms with Crippen molar-refractivity contribution in [1.29, 1.82) is 5.41 Å². The van der Waals surface area contributed by atoms with Crippen molar-refractivity contribution in [2.24, 2.45) is 5.73 Å². The Morgan fingerprint density at radius 3 is 2.78 bits per heavy atom. The summed E-state index contributed by atoms with van der Waals surface area (Å²) >= 11 is 5.10. The molecule has 0 fully saturated rings. The summed E-state index contributed by atoms with van der Waals surface area (Å²) < 4.78 is 1.11. The predicted octanol–water partition coefficient (Wildman–Crippen LogP) is 2.22. The van der Waals surface area contributed by atoms with Gasteiger partial charge in [-0.15, -0.1) is 11.3 Å². The Morgan fingerprint density at radius 2 is 2.28 bits per heavy atom. The standard InChI is InChI=1S/C11H12BrN5S/c1-17(5-7-2-9(12)18-6-7)10-4-15-8(3-16-10)11(13)14/h2-4,6H,5H2,1H3,(H3,13,14). The molecule has 7 heteroatoms. The predicted molar refractivity (Wildman–Crippen MR) is 77.2 cm³/mol. The Labute approximate surface area is 117 Å². The lowest BCUT2D eigenvalue weighted by atomic mass is 10.3. The van der Waals surface area contributed by atoms with Crippen molar-refractivity contribution in [2.45, 2.75) is 6.54 Å². The van der Waals surface area contributed by atoms with Gasteiger partial charge in [0.05, 0.1) is 16.2 Å². The smallest absolute Gasteiger partial charge is 0.147 e. The molecule has 0 unspecified atom stereocenters. The van der Waals surface area contributed by atoms with Crippen molar-refractivity contribution >= 4 is 38.9 Å². The highest BCUT2D eigenvalue weighted by atomic mass is 79.9. The summed E-state index contributed by atoms with van der Waals surface area (Å²) in [5.74, 6) is 0.681. The SMILES string of the molecule is CN(Cc1csc(Br)c1)c1cnc(C(=N)N)cn1. The molecule has 5 nitrogen and oxygen atoms in total. The number of aromatic nitrogens is 2. The van der Waals surface area contributed by atoms with Crippen LogP contribution in [0, 0.1) is 5.41 Å². The Bertz CT molecular complexity index is 551. The van der Waals surface area contributed by atoms with Crippen molar-refractivity contribution in [2.75, 3.05) is 11.9 Å². The highest BCUT2D eigenvalue weighted by Gasteiger charge is 2.06. The van der Waals surface area contributed by atoms with Crippen molar-refractivity contribution in [1.82, 2.24) is 9.97 Å². The molecule has 0 saturated carbocycles. The summed E-state index contributed by atoms with van der Waals surface area (Å²) in [5, 5.41) is 9.35. The lowest BCUT2D eigenvalue weighted by Gasteiger charge is -2.16. The summed E-state index contributed by atoms with van der Waals surface area (Å²) in [6.45, 7) is 0.760. The van der Waals surface area contributed by atoms with Gasteiger partial charge < -0.3 is 10.6 Å². The van der Waals surface area contributed by atoms with E-state index in [1.807, 2.05) is 11.9 Å². The fourth-order valence-electron chi connectivity index (χ4n) is 1.44. The quantitative estimate of drug-likeness (QED) is 0.667. The van der Waals surface area contributed by atoms with Crippen LogP contribution in [0.15, 0.2) is 27.6 Å². The first kappa shape index (κ1) is 13.0. The molecule has 2 aromatic rings. The van der Waals surface area contributed by atoms with Gasteiger partial charge in [-0.2, -0.15) is 0 Å². The minimum atomic E-state index is -0.0709. The van der Waals surface area contributed by atoms with Crippen LogP contribution >= 0.6 is 27.3 Å². The number of nitrogen functional groups attached to an aromatic ring is 1. The first-order valence-electron chi connectivity index (χ1n) is 5.17. The van der Waals surface area contributed by atoms with Crippen LogP contribution in [-0.4, -0.2) is 22.9 Å². The highest BCUT2D eigenvalue weighted by molar-refractivity contribution is 9.11. The van der Waals surface area contributed by atoms with E-state index >= 15 is 0 Å². The van der Waals surface area contributed by atoms with Crippen LogP contribution in [0.1, 0.15) is 11.3 Å². The van der Waals surface area contributed by atoms with Crippen molar-refractivity contribution in [3.63, 3.8) is 0 Å². The van der Waals surface area contributed by atoms with E-state index in [1.54, 1.807) is 17.5 Å². The first-order chi connectivity index (χ1) is 8.56. The Kier molecular flexibility index (Phi) is 3.93. The number of amidine groups is 1. The van der Waals surface area contributed by atoms with E-state index in [9.17, 15) is 0 Å². The van der Waals surface area contributed by atoms with E-state index in [0.717, 1.165) is 16.1 Å². The molecular weight excluding hydrogens is 314 g/mol. The van der Waals surface area contributed by atoms with Gasteiger partial charge >= 0.3 is 0 Å². The van der Waals surface area contributed by atoms with Crippen LogP contribution < -0.4 is 10.6 Å². The number of rotatable bonds is 4. The molecular formula is C11H12BrN5S. The van der Waals surface area contributed by atoms with Crippen LogP contribution in [-0.2, 0) is 6.54 Å². The number of anilines is 1.